The molecule has 0 saturated carbocycles. The van der Waals surface area contributed by atoms with Gasteiger partial charge in [-0.2, -0.15) is 0 Å². The van der Waals surface area contributed by atoms with Gasteiger partial charge in [0, 0.05) is 12.5 Å². The van der Waals surface area contributed by atoms with Crippen LogP contribution in [0.4, 0.5) is 0 Å². The molecule has 0 spiro atoms. The largest absolute Gasteiger partial charge is 0.477 e. The van der Waals surface area contributed by atoms with Crippen molar-refractivity contribution in [1.82, 2.24) is 10.2 Å². The van der Waals surface area contributed by atoms with Crippen LogP contribution >= 0.6 is 0 Å². The van der Waals surface area contributed by atoms with Crippen LogP contribution in [0, 0.1) is 11.8 Å². The van der Waals surface area contributed by atoms with Crippen molar-refractivity contribution in [2.24, 2.45) is 11.8 Å². The molecular weight excluding hydrogens is 236 g/mol. The van der Waals surface area contributed by atoms with E-state index in [1.807, 2.05) is 0 Å². The Morgan fingerprint density at radius 3 is 2.89 bits per heavy atom. The highest BCUT2D eigenvalue weighted by molar-refractivity contribution is 6.00. The Morgan fingerprint density at radius 1 is 1.56 bits per heavy atom. The minimum atomic E-state index is -1.03. The molecule has 3 heterocycles. The van der Waals surface area contributed by atoms with Crippen LogP contribution in [0.15, 0.2) is 11.3 Å². The van der Waals surface area contributed by atoms with Gasteiger partial charge in [0.05, 0.1) is 18.1 Å². The van der Waals surface area contributed by atoms with Crippen molar-refractivity contribution in [3.05, 3.63) is 11.3 Å². The zero-order valence-electron chi connectivity index (χ0n) is 10.1. The number of carbonyl (C=O) groups excluding carboxylic acids is 1. The highest BCUT2D eigenvalue weighted by atomic mass is 16.4. The molecule has 6 nitrogen and oxygen atoms in total. The highest BCUT2D eigenvalue weighted by Crippen LogP contribution is 2.48. The lowest BCUT2D eigenvalue weighted by Gasteiger charge is -2.47. The Kier molecular flexibility index (Phi) is 2.46. The van der Waals surface area contributed by atoms with Gasteiger partial charge in [-0.05, 0) is 25.5 Å². The number of aliphatic carboxylic acids is 1. The first-order valence-corrected chi connectivity index (χ1v) is 6.22. The van der Waals surface area contributed by atoms with Crippen LogP contribution in [0.1, 0.15) is 13.3 Å². The van der Waals surface area contributed by atoms with Gasteiger partial charge in [-0.25, -0.2) is 4.79 Å². The smallest absolute Gasteiger partial charge is 0.352 e. The SMILES string of the molecule is C[C@@H](O)[C@H]1C(=O)N2C(C(=O)O)=C3CCNC[C@@H]3[C@H]12. The summed E-state index contributed by atoms with van der Waals surface area (Å²) in [6.45, 7) is 3.02. The van der Waals surface area contributed by atoms with Crippen molar-refractivity contribution in [2.45, 2.75) is 25.5 Å². The Balaban J connectivity index is 2.00. The van der Waals surface area contributed by atoms with Crippen LogP contribution in [0.3, 0.4) is 0 Å². The number of amides is 1. The molecule has 0 radical (unpaired) electrons. The van der Waals surface area contributed by atoms with E-state index in [9.17, 15) is 19.8 Å². The summed E-state index contributed by atoms with van der Waals surface area (Å²) >= 11 is 0. The molecule has 0 bridgehead atoms. The third-order valence-electron chi connectivity index (χ3n) is 4.25. The molecule has 3 rings (SSSR count). The van der Waals surface area contributed by atoms with Gasteiger partial charge in [0.1, 0.15) is 5.70 Å². The van der Waals surface area contributed by atoms with Crippen molar-refractivity contribution in [3.8, 4) is 0 Å². The molecule has 3 aliphatic heterocycles. The fourth-order valence-corrected chi connectivity index (χ4v) is 3.52. The maximum atomic E-state index is 12.0. The lowest BCUT2D eigenvalue weighted by molar-refractivity contribution is -0.163. The summed E-state index contributed by atoms with van der Waals surface area (Å²) in [6.07, 6.45) is -0.0610. The van der Waals surface area contributed by atoms with Crippen LogP contribution in [0.5, 0.6) is 0 Å². The summed E-state index contributed by atoms with van der Waals surface area (Å²) in [5.74, 6) is -1.70. The van der Waals surface area contributed by atoms with Crippen LogP contribution in [-0.2, 0) is 9.59 Å². The van der Waals surface area contributed by atoms with Crippen molar-refractivity contribution >= 4 is 11.9 Å². The second-order valence-electron chi connectivity index (χ2n) is 5.20. The predicted molar refractivity (Wildman–Crippen MR) is 61.4 cm³/mol. The topological polar surface area (TPSA) is 89.9 Å². The van der Waals surface area contributed by atoms with E-state index >= 15 is 0 Å². The number of nitrogens with zero attached hydrogens (tertiary/aromatic N) is 1. The third kappa shape index (κ3) is 1.30. The summed E-state index contributed by atoms with van der Waals surface area (Å²) < 4.78 is 0. The number of piperidine rings is 1. The van der Waals surface area contributed by atoms with Crippen LogP contribution in [0.2, 0.25) is 0 Å². The van der Waals surface area contributed by atoms with Crippen LogP contribution in [0.25, 0.3) is 0 Å². The predicted octanol–water partition coefficient (Wildman–Crippen LogP) is -0.844. The molecule has 0 unspecified atom stereocenters. The minimum absolute atomic E-state index is 0.0437. The number of rotatable bonds is 2. The van der Waals surface area contributed by atoms with E-state index in [-0.39, 0.29) is 23.6 Å². The van der Waals surface area contributed by atoms with Gasteiger partial charge in [0.25, 0.3) is 0 Å². The molecule has 3 aliphatic rings. The van der Waals surface area contributed by atoms with E-state index in [0.29, 0.717) is 13.0 Å². The first kappa shape index (κ1) is 11.7. The molecule has 1 amide bonds. The third-order valence-corrected chi connectivity index (χ3v) is 4.25. The normalized spacial score (nSPS) is 36.0. The van der Waals surface area contributed by atoms with Gasteiger partial charge < -0.3 is 20.4 Å². The summed E-state index contributed by atoms with van der Waals surface area (Å²) in [7, 11) is 0. The standard InChI is InChI=1S/C12H16N2O4/c1-5(15)8-9-7-4-13-3-2-6(7)10(12(17)18)14(9)11(8)16/h5,7-9,13,15H,2-4H2,1H3,(H,17,18)/t5-,7+,8-,9-/m1/s1. The minimum Gasteiger partial charge on any atom is -0.477 e. The number of carboxylic acid groups (broad SMARTS) is 1. The number of aliphatic hydroxyl groups is 1. The van der Waals surface area contributed by atoms with E-state index in [4.69, 9.17) is 0 Å². The number of β-lactam (4-membered cyclic amide) rings is 1. The molecule has 2 fully saturated rings. The van der Waals surface area contributed by atoms with E-state index in [1.165, 1.54) is 4.90 Å². The maximum absolute atomic E-state index is 12.0. The fraction of sp³-hybridized carbons (Fsp3) is 0.667. The quantitative estimate of drug-likeness (QED) is 0.557. The maximum Gasteiger partial charge on any atom is 0.352 e. The van der Waals surface area contributed by atoms with Crippen LogP contribution < -0.4 is 5.32 Å². The number of hydrogen-bond donors (Lipinski definition) is 3. The average Bonchev–Trinajstić information content (AvgIpc) is 2.60. The van der Waals surface area contributed by atoms with Gasteiger partial charge >= 0.3 is 5.97 Å². The van der Waals surface area contributed by atoms with E-state index in [2.05, 4.69) is 5.32 Å². The highest BCUT2D eigenvalue weighted by Gasteiger charge is 2.61. The van der Waals surface area contributed by atoms with Crippen LogP contribution in [-0.4, -0.2) is 52.2 Å². The summed E-state index contributed by atoms with van der Waals surface area (Å²) in [5.41, 5.74) is 1.02. The second-order valence-corrected chi connectivity index (χ2v) is 5.20. The molecule has 6 heteroatoms. The Labute approximate surface area is 104 Å². The van der Waals surface area contributed by atoms with Crippen molar-refractivity contribution in [2.75, 3.05) is 13.1 Å². The van der Waals surface area contributed by atoms with E-state index in [1.54, 1.807) is 6.92 Å². The number of carboxylic acids is 1. The van der Waals surface area contributed by atoms with Crippen molar-refractivity contribution in [1.29, 1.82) is 0 Å². The number of carbonyl (C=O) groups is 2. The zero-order valence-corrected chi connectivity index (χ0v) is 10.1. The monoisotopic (exact) mass is 252 g/mol. The molecule has 4 atom stereocenters. The molecule has 3 N–H and O–H groups in total. The zero-order chi connectivity index (χ0) is 13.0. The number of aliphatic hydroxyl groups excluding tert-OH is 1. The lowest BCUT2D eigenvalue weighted by Crippen LogP contribution is -2.64. The van der Waals surface area contributed by atoms with Gasteiger partial charge in [-0.3, -0.25) is 4.79 Å². The van der Waals surface area contributed by atoms with E-state index < -0.39 is 18.0 Å². The Hall–Kier alpha value is -1.40. The summed E-state index contributed by atoms with van der Waals surface area (Å²) in [5, 5.41) is 22.2. The lowest BCUT2D eigenvalue weighted by atomic mass is 9.75. The summed E-state index contributed by atoms with van der Waals surface area (Å²) in [6, 6.07) is -0.175. The molecule has 0 aromatic carbocycles. The molecule has 2 saturated heterocycles. The van der Waals surface area contributed by atoms with Gasteiger partial charge in [0.2, 0.25) is 5.91 Å². The van der Waals surface area contributed by atoms with Crippen molar-refractivity contribution < 1.29 is 19.8 Å². The first-order valence-electron chi connectivity index (χ1n) is 6.22. The second kappa shape index (κ2) is 3.80. The summed E-state index contributed by atoms with van der Waals surface area (Å²) in [4.78, 5) is 24.7. The first-order chi connectivity index (χ1) is 8.54. The molecule has 98 valence electrons. The number of hydrogen-bond acceptors (Lipinski definition) is 4. The van der Waals surface area contributed by atoms with E-state index in [0.717, 1.165) is 12.1 Å². The van der Waals surface area contributed by atoms with Gasteiger partial charge in [-0.1, -0.05) is 0 Å². The molecule has 0 aliphatic carbocycles. The molecule has 18 heavy (non-hydrogen) atoms. The Bertz CT molecular complexity index is 457. The molecular formula is C12H16N2O4. The molecule has 0 aromatic heterocycles. The average molecular weight is 252 g/mol. The number of fused-ring (bicyclic) bond motifs is 3. The molecule has 0 aromatic rings. The van der Waals surface area contributed by atoms with Gasteiger partial charge in [0.15, 0.2) is 0 Å². The number of nitrogens with one attached hydrogen (secondary N) is 1. The Morgan fingerprint density at radius 2 is 2.28 bits per heavy atom. The van der Waals surface area contributed by atoms with Gasteiger partial charge in [-0.15, -0.1) is 0 Å². The van der Waals surface area contributed by atoms with Crippen molar-refractivity contribution in [3.63, 3.8) is 0 Å². The fourth-order valence-electron chi connectivity index (χ4n) is 3.52.